The van der Waals surface area contributed by atoms with Crippen molar-refractivity contribution in [1.82, 2.24) is 5.32 Å². The maximum atomic E-state index is 5.41. The molecule has 0 radical (unpaired) electrons. The molecular weight excluding hydrogens is 230 g/mol. The number of nitrogens with one attached hydrogen (secondary N) is 1. The molecule has 90 valence electrons. The second kappa shape index (κ2) is 12.2. The van der Waals surface area contributed by atoms with Crippen molar-refractivity contribution in [2.45, 2.75) is 26.2 Å². The summed E-state index contributed by atoms with van der Waals surface area (Å²) < 4.78 is 11.3. The van der Waals surface area contributed by atoms with E-state index in [1.165, 1.54) is 0 Å². The number of hydrogen-bond acceptors (Lipinski definition) is 3. The summed E-state index contributed by atoms with van der Waals surface area (Å²) >= 11 is 8.70. The zero-order valence-corrected chi connectivity index (χ0v) is 11.0. The first-order valence-corrected chi connectivity index (χ1v) is 6.25. The lowest BCUT2D eigenvalue weighted by Crippen LogP contribution is -2.19. The van der Waals surface area contributed by atoms with Crippen molar-refractivity contribution >= 4 is 29.2 Å². The van der Waals surface area contributed by atoms with E-state index in [1.54, 1.807) is 0 Å². The number of ether oxygens (including phenoxy) is 2. The number of thiocarbonyl (C=S) groups is 1. The minimum absolute atomic E-state index is 0.544. The van der Waals surface area contributed by atoms with Gasteiger partial charge in [0, 0.05) is 33.0 Å². The summed E-state index contributed by atoms with van der Waals surface area (Å²) in [7, 11) is 0. The Morgan fingerprint density at radius 2 is 1.73 bits per heavy atom. The first-order valence-electron chi connectivity index (χ1n) is 5.39. The molecule has 0 aliphatic carbocycles. The molecular formula is C10H21NO2S2. The summed E-state index contributed by atoms with van der Waals surface area (Å²) in [6, 6.07) is 0. The molecule has 0 heterocycles. The van der Waals surface area contributed by atoms with E-state index < -0.39 is 0 Å². The standard InChI is InChI=1S/C10H21NO2S2/c1-2-6-12-8-4-9-13-7-3-5-11-10(14)15/h2-9H2,1H3,(H2,11,14,15). The summed E-state index contributed by atoms with van der Waals surface area (Å²) in [6.07, 6.45) is 3.01. The number of thiol groups is 1. The van der Waals surface area contributed by atoms with Crippen LogP contribution in [0.5, 0.6) is 0 Å². The van der Waals surface area contributed by atoms with Crippen molar-refractivity contribution in [3.8, 4) is 0 Å². The third kappa shape index (κ3) is 14.2. The topological polar surface area (TPSA) is 30.5 Å². The van der Waals surface area contributed by atoms with Crippen LogP contribution in [0.4, 0.5) is 0 Å². The zero-order chi connectivity index (χ0) is 11.4. The lowest BCUT2D eigenvalue weighted by atomic mass is 10.4. The molecule has 3 nitrogen and oxygen atoms in total. The van der Waals surface area contributed by atoms with Gasteiger partial charge in [-0.1, -0.05) is 19.1 Å². The Morgan fingerprint density at radius 1 is 1.13 bits per heavy atom. The second-order valence-electron chi connectivity index (χ2n) is 3.16. The van der Waals surface area contributed by atoms with Crippen LogP contribution in [-0.4, -0.2) is 37.3 Å². The summed E-state index contributed by atoms with van der Waals surface area (Å²) in [5, 5.41) is 2.96. The van der Waals surface area contributed by atoms with E-state index in [1.807, 2.05) is 0 Å². The Balaban J connectivity index is 2.89. The Kier molecular flexibility index (Phi) is 12.4. The summed E-state index contributed by atoms with van der Waals surface area (Å²) in [4.78, 5) is 0. The average Bonchev–Trinajstić information content (AvgIpc) is 2.20. The monoisotopic (exact) mass is 251 g/mol. The molecule has 0 spiro atoms. The van der Waals surface area contributed by atoms with Crippen LogP contribution in [0.2, 0.25) is 0 Å². The van der Waals surface area contributed by atoms with E-state index in [0.717, 1.165) is 52.2 Å². The fourth-order valence-corrected chi connectivity index (χ4v) is 1.19. The molecule has 1 N–H and O–H groups in total. The first-order chi connectivity index (χ1) is 7.27. The molecule has 0 rings (SSSR count). The van der Waals surface area contributed by atoms with E-state index in [2.05, 4.69) is 24.9 Å². The normalized spacial score (nSPS) is 10.3. The van der Waals surface area contributed by atoms with Crippen molar-refractivity contribution in [2.24, 2.45) is 0 Å². The van der Waals surface area contributed by atoms with Crippen LogP contribution in [0, 0.1) is 0 Å². The van der Waals surface area contributed by atoms with Gasteiger partial charge in [-0.05, 0) is 19.3 Å². The van der Waals surface area contributed by atoms with E-state index in [-0.39, 0.29) is 0 Å². The quantitative estimate of drug-likeness (QED) is 0.353. The predicted octanol–water partition coefficient (Wildman–Crippen LogP) is 2.01. The second-order valence-corrected chi connectivity index (χ2v) is 4.32. The van der Waals surface area contributed by atoms with Gasteiger partial charge in [-0.15, -0.1) is 12.6 Å². The van der Waals surface area contributed by atoms with Gasteiger partial charge in [0.1, 0.15) is 4.32 Å². The molecule has 0 atom stereocenters. The molecule has 5 heteroatoms. The maximum Gasteiger partial charge on any atom is 0.130 e. The van der Waals surface area contributed by atoms with Crippen molar-refractivity contribution in [2.75, 3.05) is 33.0 Å². The first kappa shape index (κ1) is 15.2. The van der Waals surface area contributed by atoms with Gasteiger partial charge in [-0.25, -0.2) is 0 Å². The molecule has 0 aromatic carbocycles. The highest BCUT2D eigenvalue weighted by molar-refractivity contribution is 8.11. The Hall–Kier alpha value is 0.160. The lowest BCUT2D eigenvalue weighted by molar-refractivity contribution is 0.0824. The maximum absolute atomic E-state index is 5.41. The van der Waals surface area contributed by atoms with Crippen LogP contribution in [0.1, 0.15) is 26.2 Å². The Labute approximate surface area is 103 Å². The number of hydrogen-bond donors (Lipinski definition) is 2. The summed E-state index contributed by atoms with van der Waals surface area (Å²) in [5.41, 5.74) is 0. The van der Waals surface area contributed by atoms with Gasteiger partial charge in [0.25, 0.3) is 0 Å². The van der Waals surface area contributed by atoms with Crippen LogP contribution in [0.15, 0.2) is 0 Å². The van der Waals surface area contributed by atoms with E-state index in [9.17, 15) is 0 Å². The van der Waals surface area contributed by atoms with Gasteiger partial charge in [0.15, 0.2) is 0 Å². The molecule has 0 saturated carbocycles. The molecule has 0 amide bonds. The molecule has 0 saturated heterocycles. The van der Waals surface area contributed by atoms with Crippen molar-refractivity contribution < 1.29 is 9.47 Å². The van der Waals surface area contributed by atoms with Gasteiger partial charge in [0.2, 0.25) is 0 Å². The molecule has 0 aliphatic heterocycles. The molecule has 0 bridgehead atoms. The molecule has 0 aromatic heterocycles. The average molecular weight is 251 g/mol. The minimum atomic E-state index is 0.544. The predicted molar refractivity (Wildman–Crippen MR) is 70.7 cm³/mol. The van der Waals surface area contributed by atoms with Gasteiger partial charge < -0.3 is 14.8 Å². The van der Waals surface area contributed by atoms with Crippen molar-refractivity contribution in [3.63, 3.8) is 0 Å². The number of rotatable bonds is 10. The van der Waals surface area contributed by atoms with Crippen molar-refractivity contribution in [3.05, 3.63) is 0 Å². The van der Waals surface area contributed by atoms with Gasteiger partial charge in [-0.3, -0.25) is 0 Å². The van der Waals surface area contributed by atoms with Crippen LogP contribution in [0.25, 0.3) is 0 Å². The van der Waals surface area contributed by atoms with Crippen LogP contribution < -0.4 is 5.32 Å². The summed E-state index contributed by atoms with van der Waals surface area (Å²) in [6.45, 7) is 6.12. The van der Waals surface area contributed by atoms with E-state index in [0.29, 0.717) is 4.32 Å². The third-order valence-corrected chi connectivity index (χ3v) is 1.97. The van der Waals surface area contributed by atoms with Crippen LogP contribution >= 0.6 is 24.8 Å². The van der Waals surface area contributed by atoms with E-state index in [4.69, 9.17) is 21.7 Å². The molecule has 0 unspecified atom stereocenters. The molecule has 0 fully saturated rings. The van der Waals surface area contributed by atoms with Gasteiger partial charge in [-0.2, -0.15) is 0 Å². The fraction of sp³-hybridized carbons (Fsp3) is 0.900. The van der Waals surface area contributed by atoms with Gasteiger partial charge >= 0.3 is 0 Å². The smallest absolute Gasteiger partial charge is 0.130 e. The van der Waals surface area contributed by atoms with Crippen LogP contribution in [-0.2, 0) is 9.47 Å². The molecule has 0 aliphatic rings. The summed E-state index contributed by atoms with van der Waals surface area (Å²) in [5.74, 6) is 0. The highest BCUT2D eigenvalue weighted by atomic mass is 32.1. The zero-order valence-electron chi connectivity index (χ0n) is 9.33. The Bertz CT molecular complexity index is 156. The highest BCUT2D eigenvalue weighted by Gasteiger charge is 1.91. The van der Waals surface area contributed by atoms with E-state index >= 15 is 0 Å². The van der Waals surface area contributed by atoms with Gasteiger partial charge in [0.05, 0.1) is 0 Å². The third-order valence-electron chi connectivity index (χ3n) is 1.67. The van der Waals surface area contributed by atoms with Crippen LogP contribution in [0.3, 0.4) is 0 Å². The van der Waals surface area contributed by atoms with Crippen molar-refractivity contribution in [1.29, 1.82) is 0 Å². The lowest BCUT2D eigenvalue weighted by Gasteiger charge is -2.05. The Morgan fingerprint density at radius 3 is 2.33 bits per heavy atom. The molecule has 15 heavy (non-hydrogen) atoms. The SMILES string of the molecule is CCCOCCCOCCCNC(=S)S. The largest absolute Gasteiger partial charge is 0.381 e. The molecule has 0 aromatic rings. The fourth-order valence-electron chi connectivity index (χ4n) is 0.981. The minimum Gasteiger partial charge on any atom is -0.381 e. The highest BCUT2D eigenvalue weighted by Crippen LogP contribution is 1.89.